The van der Waals surface area contributed by atoms with Crippen molar-refractivity contribution in [3.63, 3.8) is 0 Å². The first-order valence-electron chi connectivity index (χ1n) is 9.01. The highest BCUT2D eigenvalue weighted by atomic mass is 19.1. The lowest BCUT2D eigenvalue weighted by Gasteiger charge is -2.28. The van der Waals surface area contributed by atoms with Crippen LogP contribution >= 0.6 is 0 Å². The summed E-state index contributed by atoms with van der Waals surface area (Å²) in [6.07, 6.45) is 2.33. The predicted octanol–water partition coefficient (Wildman–Crippen LogP) is 3.71. The number of nitrogens with one attached hydrogen (secondary N) is 1. The molecule has 1 atom stereocenters. The van der Waals surface area contributed by atoms with E-state index >= 15 is 0 Å². The fraction of sp³-hybridized carbons (Fsp3) is 0.381. The van der Waals surface area contributed by atoms with Gasteiger partial charge < -0.3 is 10.1 Å². The normalized spacial score (nSPS) is 15.7. The number of likely N-dealkylation sites (tertiary alicyclic amines) is 1. The Hall–Kier alpha value is -2.40. The molecule has 0 aliphatic carbocycles. The third kappa shape index (κ3) is 4.22. The van der Waals surface area contributed by atoms with Crippen molar-refractivity contribution in [2.24, 2.45) is 0 Å². The van der Waals surface area contributed by atoms with Crippen LogP contribution in [-0.4, -0.2) is 37.6 Å². The molecule has 0 radical (unpaired) electrons. The van der Waals surface area contributed by atoms with Crippen LogP contribution in [0.4, 0.5) is 4.39 Å². The van der Waals surface area contributed by atoms with Crippen molar-refractivity contribution < 1.29 is 13.9 Å². The van der Waals surface area contributed by atoms with Crippen LogP contribution in [0.3, 0.4) is 0 Å². The van der Waals surface area contributed by atoms with Gasteiger partial charge in [-0.3, -0.25) is 9.69 Å². The molecule has 1 aliphatic heterocycles. The van der Waals surface area contributed by atoms with Gasteiger partial charge in [0.2, 0.25) is 0 Å². The predicted molar refractivity (Wildman–Crippen MR) is 100 cm³/mol. The van der Waals surface area contributed by atoms with Crippen molar-refractivity contribution in [3.05, 3.63) is 65.0 Å². The number of aryl methyl sites for hydroxylation is 1. The monoisotopic (exact) mass is 356 g/mol. The molecule has 0 saturated carbocycles. The average Bonchev–Trinajstić information content (AvgIpc) is 3.18. The molecule has 5 heteroatoms. The molecular formula is C21H25FN2O2. The number of amides is 1. The van der Waals surface area contributed by atoms with E-state index in [0.29, 0.717) is 17.7 Å². The minimum Gasteiger partial charge on any atom is -0.497 e. The van der Waals surface area contributed by atoms with Crippen molar-refractivity contribution in [1.29, 1.82) is 0 Å². The second-order valence-corrected chi connectivity index (χ2v) is 6.71. The Morgan fingerprint density at radius 1 is 1.23 bits per heavy atom. The molecule has 0 aromatic heterocycles. The summed E-state index contributed by atoms with van der Waals surface area (Å²) in [5.41, 5.74) is 1.99. The first-order chi connectivity index (χ1) is 12.6. The maximum atomic E-state index is 13.7. The second kappa shape index (κ2) is 8.32. The van der Waals surface area contributed by atoms with Gasteiger partial charge in [0.1, 0.15) is 11.6 Å². The topological polar surface area (TPSA) is 41.6 Å². The molecule has 3 rings (SSSR count). The van der Waals surface area contributed by atoms with Crippen LogP contribution < -0.4 is 10.1 Å². The SMILES string of the molecule is COc1cccc(C(CNC(=O)c2ccc(C)c(F)c2)N2CCCC2)c1. The van der Waals surface area contributed by atoms with E-state index in [2.05, 4.69) is 16.3 Å². The molecule has 1 N–H and O–H groups in total. The minimum absolute atomic E-state index is 0.0758. The van der Waals surface area contributed by atoms with Crippen LogP contribution in [0.5, 0.6) is 5.75 Å². The minimum atomic E-state index is -0.360. The van der Waals surface area contributed by atoms with Crippen LogP contribution in [-0.2, 0) is 0 Å². The summed E-state index contributed by atoms with van der Waals surface area (Å²) in [5.74, 6) is 0.191. The second-order valence-electron chi connectivity index (χ2n) is 6.71. The molecule has 0 bridgehead atoms. The molecule has 138 valence electrons. The van der Waals surface area contributed by atoms with Gasteiger partial charge in [-0.1, -0.05) is 18.2 Å². The Balaban J connectivity index is 1.75. The average molecular weight is 356 g/mol. The number of hydrogen-bond acceptors (Lipinski definition) is 3. The highest BCUT2D eigenvalue weighted by molar-refractivity contribution is 5.94. The first-order valence-corrected chi connectivity index (χ1v) is 9.01. The molecule has 1 fully saturated rings. The number of methoxy groups -OCH3 is 1. The Bertz CT molecular complexity index is 772. The van der Waals surface area contributed by atoms with E-state index in [-0.39, 0.29) is 17.8 Å². The summed E-state index contributed by atoms with van der Waals surface area (Å²) in [5, 5.41) is 2.97. The van der Waals surface area contributed by atoms with Crippen LogP contribution in [0.2, 0.25) is 0 Å². The van der Waals surface area contributed by atoms with Gasteiger partial charge in [0, 0.05) is 12.1 Å². The lowest BCUT2D eigenvalue weighted by molar-refractivity contribution is 0.0937. The number of benzene rings is 2. The lowest BCUT2D eigenvalue weighted by atomic mass is 10.0. The van der Waals surface area contributed by atoms with E-state index in [4.69, 9.17) is 4.74 Å². The van der Waals surface area contributed by atoms with Crippen LogP contribution in [0.25, 0.3) is 0 Å². The number of halogens is 1. The zero-order valence-electron chi connectivity index (χ0n) is 15.3. The summed E-state index contributed by atoms with van der Waals surface area (Å²) in [6.45, 7) is 4.18. The van der Waals surface area contributed by atoms with Crippen LogP contribution in [0.15, 0.2) is 42.5 Å². The summed E-state index contributed by atoms with van der Waals surface area (Å²) in [6, 6.07) is 12.6. The van der Waals surface area contributed by atoms with Crippen molar-refractivity contribution in [3.8, 4) is 5.75 Å². The molecule has 26 heavy (non-hydrogen) atoms. The van der Waals surface area contributed by atoms with Gasteiger partial charge in [-0.05, 0) is 68.2 Å². The lowest BCUT2D eigenvalue weighted by Crippen LogP contribution is -2.36. The smallest absolute Gasteiger partial charge is 0.251 e. The largest absolute Gasteiger partial charge is 0.497 e. The highest BCUT2D eigenvalue weighted by Gasteiger charge is 2.24. The van der Waals surface area contributed by atoms with Gasteiger partial charge in [0.05, 0.1) is 13.2 Å². The Morgan fingerprint density at radius 3 is 2.69 bits per heavy atom. The van der Waals surface area contributed by atoms with E-state index in [0.717, 1.165) is 37.2 Å². The van der Waals surface area contributed by atoms with E-state index in [9.17, 15) is 9.18 Å². The van der Waals surface area contributed by atoms with Crippen molar-refractivity contribution in [2.45, 2.75) is 25.8 Å². The molecule has 2 aromatic rings. The molecule has 2 aromatic carbocycles. The molecule has 1 heterocycles. The first kappa shape index (κ1) is 18.4. The quantitative estimate of drug-likeness (QED) is 0.858. The van der Waals surface area contributed by atoms with E-state index < -0.39 is 0 Å². The van der Waals surface area contributed by atoms with E-state index in [1.54, 1.807) is 26.2 Å². The van der Waals surface area contributed by atoms with Crippen molar-refractivity contribution in [1.82, 2.24) is 10.2 Å². The van der Waals surface area contributed by atoms with E-state index in [1.165, 1.54) is 6.07 Å². The maximum Gasteiger partial charge on any atom is 0.251 e. The zero-order chi connectivity index (χ0) is 18.5. The van der Waals surface area contributed by atoms with Crippen LogP contribution in [0, 0.1) is 12.7 Å². The number of rotatable bonds is 6. The molecule has 1 saturated heterocycles. The summed E-state index contributed by atoms with van der Waals surface area (Å²) in [7, 11) is 1.65. The molecule has 4 nitrogen and oxygen atoms in total. The molecule has 1 unspecified atom stereocenters. The third-order valence-electron chi connectivity index (χ3n) is 4.95. The van der Waals surface area contributed by atoms with Crippen LogP contribution in [0.1, 0.15) is 40.4 Å². The molecule has 1 aliphatic rings. The van der Waals surface area contributed by atoms with Gasteiger partial charge in [-0.15, -0.1) is 0 Å². The summed E-state index contributed by atoms with van der Waals surface area (Å²) >= 11 is 0. The fourth-order valence-corrected chi connectivity index (χ4v) is 3.39. The summed E-state index contributed by atoms with van der Waals surface area (Å²) < 4.78 is 19.1. The molecule has 0 spiro atoms. The molecular weight excluding hydrogens is 331 g/mol. The van der Waals surface area contributed by atoms with Gasteiger partial charge in [0.15, 0.2) is 0 Å². The third-order valence-corrected chi connectivity index (χ3v) is 4.95. The zero-order valence-corrected chi connectivity index (χ0v) is 15.3. The Labute approximate surface area is 154 Å². The summed E-state index contributed by atoms with van der Waals surface area (Å²) in [4.78, 5) is 14.8. The number of carbonyl (C=O) groups excluding carboxylic acids is 1. The number of carbonyl (C=O) groups is 1. The van der Waals surface area contributed by atoms with E-state index in [1.807, 2.05) is 18.2 Å². The van der Waals surface area contributed by atoms with Gasteiger partial charge >= 0.3 is 0 Å². The van der Waals surface area contributed by atoms with Gasteiger partial charge in [-0.2, -0.15) is 0 Å². The highest BCUT2D eigenvalue weighted by Crippen LogP contribution is 2.27. The molecule has 1 amide bonds. The van der Waals surface area contributed by atoms with Crippen molar-refractivity contribution in [2.75, 3.05) is 26.7 Å². The van der Waals surface area contributed by atoms with Gasteiger partial charge in [0.25, 0.3) is 5.91 Å². The standard InChI is InChI=1S/C21H25FN2O2/c1-15-8-9-17(13-19(15)22)21(25)23-14-20(24-10-3-4-11-24)16-6-5-7-18(12-16)26-2/h5-9,12-13,20H,3-4,10-11,14H2,1-2H3,(H,23,25). The number of ether oxygens (including phenoxy) is 1. The Morgan fingerprint density at radius 2 is 2.00 bits per heavy atom. The maximum absolute atomic E-state index is 13.7. The fourth-order valence-electron chi connectivity index (χ4n) is 3.39. The van der Waals surface area contributed by atoms with Gasteiger partial charge in [-0.25, -0.2) is 4.39 Å². The Kier molecular flexibility index (Phi) is 5.89. The number of hydrogen-bond donors (Lipinski definition) is 1. The number of nitrogens with zero attached hydrogens (tertiary/aromatic N) is 1. The van der Waals surface area contributed by atoms with Crippen molar-refractivity contribution >= 4 is 5.91 Å².